The van der Waals surface area contributed by atoms with Crippen LogP contribution in [-0.4, -0.2) is 12.5 Å². The zero-order chi connectivity index (χ0) is 10.7. The summed E-state index contributed by atoms with van der Waals surface area (Å²) in [5.41, 5.74) is 4.91. The molecule has 1 aromatic rings. The second-order valence-electron chi connectivity index (χ2n) is 4.02. The Kier molecular flexibility index (Phi) is 3.99. The quantitative estimate of drug-likeness (QED) is 0.585. The van der Waals surface area contributed by atoms with Crippen LogP contribution in [0.15, 0.2) is 18.2 Å². The monoisotopic (exact) mass is 255 g/mol. The Hall–Kier alpha value is -0.500. The maximum absolute atomic E-state index is 3.47. The van der Waals surface area contributed by atoms with Crippen LogP contribution < -0.4 is 4.90 Å². The fourth-order valence-corrected chi connectivity index (χ4v) is 1.73. The SMILES string of the molecule is Cc1ccc(C(C)C)cc1N(C)CBr. The summed E-state index contributed by atoms with van der Waals surface area (Å²) in [5, 5.41) is 0. The first-order valence-corrected chi connectivity index (χ1v) is 6.06. The first-order chi connectivity index (χ1) is 6.56. The summed E-state index contributed by atoms with van der Waals surface area (Å²) in [7, 11) is 2.10. The molecule has 0 aromatic heterocycles. The molecule has 0 fully saturated rings. The highest BCUT2D eigenvalue weighted by Gasteiger charge is 2.06. The van der Waals surface area contributed by atoms with Crippen LogP contribution in [0.3, 0.4) is 0 Å². The molecule has 0 atom stereocenters. The minimum absolute atomic E-state index is 0.595. The Morgan fingerprint density at radius 1 is 1.36 bits per heavy atom. The van der Waals surface area contributed by atoms with E-state index in [1.165, 1.54) is 16.8 Å². The molecule has 0 aliphatic carbocycles. The Balaban J connectivity index is 3.08. The third-order valence-electron chi connectivity index (χ3n) is 2.49. The van der Waals surface area contributed by atoms with Crippen LogP contribution in [0.2, 0.25) is 0 Å². The van der Waals surface area contributed by atoms with E-state index in [1.807, 2.05) is 0 Å². The summed E-state index contributed by atoms with van der Waals surface area (Å²) in [4.78, 5) is 2.21. The van der Waals surface area contributed by atoms with Crippen LogP contribution in [-0.2, 0) is 0 Å². The van der Waals surface area contributed by atoms with Crippen LogP contribution in [0, 0.1) is 6.92 Å². The Morgan fingerprint density at radius 3 is 2.50 bits per heavy atom. The smallest absolute Gasteiger partial charge is 0.0732 e. The second-order valence-corrected chi connectivity index (χ2v) is 4.52. The number of hydrogen-bond acceptors (Lipinski definition) is 1. The van der Waals surface area contributed by atoms with E-state index >= 15 is 0 Å². The van der Waals surface area contributed by atoms with Gasteiger partial charge >= 0.3 is 0 Å². The molecule has 14 heavy (non-hydrogen) atoms. The average molecular weight is 256 g/mol. The number of halogens is 1. The van der Waals surface area contributed by atoms with Crippen LogP contribution in [0.5, 0.6) is 0 Å². The normalized spacial score (nSPS) is 10.7. The summed E-state index contributed by atoms with van der Waals surface area (Å²) < 4.78 is 0. The van der Waals surface area contributed by atoms with E-state index in [-0.39, 0.29) is 0 Å². The van der Waals surface area contributed by atoms with E-state index < -0.39 is 0 Å². The predicted molar refractivity (Wildman–Crippen MR) is 67.5 cm³/mol. The molecule has 78 valence electrons. The van der Waals surface area contributed by atoms with Crippen molar-refractivity contribution in [3.05, 3.63) is 29.3 Å². The van der Waals surface area contributed by atoms with Gasteiger partial charge in [-0.15, -0.1) is 0 Å². The average Bonchev–Trinajstić information content (AvgIpc) is 2.17. The Bertz CT molecular complexity index is 307. The highest BCUT2D eigenvalue weighted by molar-refractivity contribution is 9.09. The molecule has 0 unspecified atom stereocenters. The molecule has 0 aliphatic heterocycles. The number of alkyl halides is 1. The molecule has 0 aliphatic rings. The number of rotatable bonds is 3. The van der Waals surface area contributed by atoms with Crippen molar-refractivity contribution >= 4 is 21.6 Å². The van der Waals surface area contributed by atoms with E-state index in [2.05, 4.69) is 66.8 Å². The van der Waals surface area contributed by atoms with Gasteiger partial charge in [0.15, 0.2) is 0 Å². The van der Waals surface area contributed by atoms with Crippen molar-refractivity contribution in [3.63, 3.8) is 0 Å². The van der Waals surface area contributed by atoms with Crippen molar-refractivity contribution < 1.29 is 0 Å². The van der Waals surface area contributed by atoms with Crippen molar-refractivity contribution in [2.75, 3.05) is 17.4 Å². The number of aryl methyl sites for hydroxylation is 1. The molecule has 0 spiro atoms. The molecule has 0 bridgehead atoms. The third kappa shape index (κ3) is 2.50. The maximum Gasteiger partial charge on any atom is 0.0732 e. The first kappa shape index (κ1) is 11.6. The summed E-state index contributed by atoms with van der Waals surface area (Å²) in [6.07, 6.45) is 0. The molecule has 0 saturated heterocycles. The van der Waals surface area contributed by atoms with Gasteiger partial charge in [-0.2, -0.15) is 0 Å². The van der Waals surface area contributed by atoms with E-state index in [9.17, 15) is 0 Å². The molecule has 0 N–H and O–H groups in total. The molecular weight excluding hydrogens is 238 g/mol. The van der Waals surface area contributed by atoms with Gasteiger partial charge in [-0.1, -0.05) is 41.9 Å². The Labute approximate surface area is 95.2 Å². The minimum atomic E-state index is 0.595. The molecule has 1 rings (SSSR count). The van der Waals surface area contributed by atoms with E-state index in [0.717, 1.165) is 5.45 Å². The third-order valence-corrected chi connectivity index (χ3v) is 3.24. The zero-order valence-corrected chi connectivity index (χ0v) is 10.9. The lowest BCUT2D eigenvalue weighted by Crippen LogP contribution is -2.15. The van der Waals surface area contributed by atoms with Gasteiger partial charge in [-0.3, -0.25) is 0 Å². The highest BCUT2D eigenvalue weighted by Crippen LogP contribution is 2.25. The molecule has 0 heterocycles. The minimum Gasteiger partial charge on any atom is -0.364 e. The van der Waals surface area contributed by atoms with Gasteiger partial charge in [0.2, 0.25) is 0 Å². The summed E-state index contributed by atoms with van der Waals surface area (Å²) in [6, 6.07) is 6.69. The van der Waals surface area contributed by atoms with Crippen molar-refractivity contribution in [1.29, 1.82) is 0 Å². The van der Waals surface area contributed by atoms with Crippen molar-refractivity contribution in [3.8, 4) is 0 Å². The highest BCUT2D eigenvalue weighted by atomic mass is 79.9. The maximum atomic E-state index is 3.47. The summed E-state index contributed by atoms with van der Waals surface area (Å²) in [6.45, 7) is 6.60. The number of benzene rings is 1. The van der Waals surface area contributed by atoms with Gasteiger partial charge in [-0.05, 0) is 30.0 Å². The number of hydrogen-bond donors (Lipinski definition) is 0. The van der Waals surface area contributed by atoms with E-state index in [4.69, 9.17) is 0 Å². The molecule has 0 radical (unpaired) electrons. The van der Waals surface area contributed by atoms with Gasteiger partial charge in [-0.25, -0.2) is 0 Å². The van der Waals surface area contributed by atoms with Crippen molar-refractivity contribution in [1.82, 2.24) is 0 Å². The second kappa shape index (κ2) is 4.83. The lowest BCUT2D eigenvalue weighted by molar-refractivity contribution is 0.864. The molecule has 1 aromatic carbocycles. The lowest BCUT2D eigenvalue weighted by Gasteiger charge is -2.20. The fraction of sp³-hybridized carbons (Fsp3) is 0.500. The lowest BCUT2D eigenvalue weighted by atomic mass is 10.0. The zero-order valence-electron chi connectivity index (χ0n) is 9.34. The predicted octanol–water partition coefficient (Wildman–Crippen LogP) is 3.91. The Morgan fingerprint density at radius 2 is 2.00 bits per heavy atom. The van der Waals surface area contributed by atoms with Crippen LogP contribution in [0.1, 0.15) is 30.9 Å². The first-order valence-electron chi connectivity index (χ1n) is 4.94. The largest absolute Gasteiger partial charge is 0.364 e. The topological polar surface area (TPSA) is 3.24 Å². The van der Waals surface area contributed by atoms with Crippen LogP contribution in [0.4, 0.5) is 5.69 Å². The molecule has 1 nitrogen and oxygen atoms in total. The van der Waals surface area contributed by atoms with Gasteiger partial charge in [0.1, 0.15) is 0 Å². The molecule has 2 heteroatoms. The molecular formula is C12H18BrN. The van der Waals surface area contributed by atoms with Gasteiger partial charge < -0.3 is 4.90 Å². The van der Waals surface area contributed by atoms with E-state index in [1.54, 1.807) is 0 Å². The van der Waals surface area contributed by atoms with E-state index in [0.29, 0.717) is 5.92 Å². The number of nitrogens with zero attached hydrogens (tertiary/aromatic N) is 1. The summed E-state index contributed by atoms with van der Waals surface area (Å²) in [5.74, 6) is 0.595. The molecule has 0 amide bonds. The van der Waals surface area contributed by atoms with Crippen molar-refractivity contribution in [2.24, 2.45) is 0 Å². The van der Waals surface area contributed by atoms with Crippen molar-refractivity contribution in [2.45, 2.75) is 26.7 Å². The summed E-state index contributed by atoms with van der Waals surface area (Å²) >= 11 is 3.47. The van der Waals surface area contributed by atoms with Gasteiger partial charge in [0, 0.05) is 12.7 Å². The van der Waals surface area contributed by atoms with Gasteiger partial charge in [0.25, 0.3) is 0 Å². The standard InChI is InChI=1S/C12H18BrN/c1-9(2)11-6-5-10(3)12(7-11)14(4)8-13/h5-7,9H,8H2,1-4H3. The van der Waals surface area contributed by atoms with Gasteiger partial charge in [0.05, 0.1) is 5.45 Å². The van der Waals surface area contributed by atoms with Crippen LogP contribution in [0.25, 0.3) is 0 Å². The number of anilines is 1. The van der Waals surface area contributed by atoms with Crippen LogP contribution >= 0.6 is 15.9 Å². The molecule has 0 saturated carbocycles. The fourth-order valence-electron chi connectivity index (χ4n) is 1.46.